The lowest BCUT2D eigenvalue weighted by Gasteiger charge is -2.31. The van der Waals surface area contributed by atoms with E-state index < -0.39 is 0 Å². The number of rotatable bonds is 3. The lowest BCUT2D eigenvalue weighted by atomic mass is 9.99. The number of hydrogen-bond donors (Lipinski definition) is 1. The number of benzene rings is 1. The van der Waals surface area contributed by atoms with Crippen LogP contribution in [0, 0.1) is 19.8 Å². The van der Waals surface area contributed by atoms with Crippen molar-refractivity contribution in [2.24, 2.45) is 5.92 Å². The van der Waals surface area contributed by atoms with E-state index >= 15 is 0 Å². The second kappa shape index (κ2) is 6.75. The van der Waals surface area contributed by atoms with Gasteiger partial charge in [0.05, 0.1) is 0 Å². The molecule has 1 saturated heterocycles. The monoisotopic (exact) mass is 330 g/mol. The summed E-state index contributed by atoms with van der Waals surface area (Å²) in [5, 5.41) is 4.01. The largest absolute Gasteiger partial charge is 0.356 e. The minimum atomic E-state index is 0.624. The number of nitrogens with one attached hydrogen (secondary N) is 1. The average Bonchev–Trinajstić information content (AvgIpc) is 2.51. The van der Waals surface area contributed by atoms with E-state index in [0.717, 1.165) is 46.8 Å². The summed E-state index contributed by atoms with van der Waals surface area (Å²) in [4.78, 5) is 11.5. The summed E-state index contributed by atoms with van der Waals surface area (Å²) in [5.41, 5.74) is 2.93. The highest BCUT2D eigenvalue weighted by atomic mass is 35.5. The van der Waals surface area contributed by atoms with Gasteiger partial charge in [-0.25, -0.2) is 4.98 Å². The predicted octanol–water partition coefficient (Wildman–Crippen LogP) is 4.73. The quantitative estimate of drug-likeness (QED) is 0.883. The highest BCUT2D eigenvalue weighted by molar-refractivity contribution is 6.31. The summed E-state index contributed by atoms with van der Waals surface area (Å²) in [5.74, 6) is 2.44. The molecule has 3 rings (SSSR count). The number of anilines is 3. The lowest BCUT2D eigenvalue weighted by Crippen LogP contribution is -2.33. The molecule has 1 fully saturated rings. The molecule has 23 heavy (non-hydrogen) atoms. The van der Waals surface area contributed by atoms with Crippen LogP contribution < -0.4 is 10.2 Å². The van der Waals surface area contributed by atoms with E-state index in [4.69, 9.17) is 16.6 Å². The van der Waals surface area contributed by atoms with E-state index in [1.165, 1.54) is 12.8 Å². The van der Waals surface area contributed by atoms with Crippen molar-refractivity contribution in [3.05, 3.63) is 40.5 Å². The predicted molar refractivity (Wildman–Crippen MR) is 96.9 cm³/mol. The molecule has 0 spiro atoms. The van der Waals surface area contributed by atoms with E-state index in [-0.39, 0.29) is 0 Å². The van der Waals surface area contributed by atoms with Crippen molar-refractivity contribution in [2.75, 3.05) is 23.3 Å². The molecule has 5 heteroatoms. The van der Waals surface area contributed by atoms with Crippen LogP contribution in [0.25, 0.3) is 0 Å². The summed E-state index contributed by atoms with van der Waals surface area (Å²) in [6.07, 6.45) is 2.44. The Morgan fingerprint density at radius 2 is 1.87 bits per heavy atom. The number of nitrogens with zero attached hydrogens (tertiary/aromatic N) is 3. The Balaban J connectivity index is 1.81. The van der Waals surface area contributed by atoms with Crippen LogP contribution in [0.4, 0.5) is 17.5 Å². The molecular weight excluding hydrogens is 308 g/mol. The third-order valence-corrected chi connectivity index (χ3v) is 4.78. The highest BCUT2D eigenvalue weighted by Gasteiger charge is 2.18. The van der Waals surface area contributed by atoms with Crippen molar-refractivity contribution in [1.82, 2.24) is 9.97 Å². The van der Waals surface area contributed by atoms with E-state index in [0.29, 0.717) is 5.95 Å². The van der Waals surface area contributed by atoms with Gasteiger partial charge in [-0.2, -0.15) is 4.98 Å². The van der Waals surface area contributed by atoms with E-state index in [2.05, 4.69) is 28.2 Å². The van der Waals surface area contributed by atoms with Crippen LogP contribution in [0.5, 0.6) is 0 Å². The molecule has 2 heterocycles. The van der Waals surface area contributed by atoms with Crippen molar-refractivity contribution < 1.29 is 0 Å². The first kappa shape index (κ1) is 16.1. The molecule has 1 aliphatic rings. The Kier molecular flexibility index (Phi) is 4.71. The minimum absolute atomic E-state index is 0.624. The zero-order valence-corrected chi connectivity index (χ0v) is 14.7. The maximum absolute atomic E-state index is 6.19. The Bertz CT molecular complexity index is 693. The first-order valence-electron chi connectivity index (χ1n) is 8.15. The van der Waals surface area contributed by atoms with Gasteiger partial charge in [-0.3, -0.25) is 0 Å². The third kappa shape index (κ3) is 3.94. The molecule has 0 unspecified atom stereocenters. The van der Waals surface area contributed by atoms with Crippen molar-refractivity contribution in [1.29, 1.82) is 0 Å². The number of aryl methyl sites for hydroxylation is 2. The Labute approximate surface area is 142 Å². The second-order valence-electron chi connectivity index (χ2n) is 6.45. The normalized spacial score (nSPS) is 15.7. The molecular formula is C18H23ClN4. The standard InChI is InChI=1S/C18H23ClN4/c1-12-6-8-23(9-7-12)17-10-14(3)20-18(22-17)21-15-5-4-13(2)16(19)11-15/h4-5,10-12H,6-9H2,1-3H3,(H,20,21,22). The summed E-state index contributed by atoms with van der Waals surface area (Å²) in [6, 6.07) is 7.96. The van der Waals surface area contributed by atoms with Gasteiger partial charge in [-0.15, -0.1) is 0 Å². The SMILES string of the molecule is Cc1cc(N2CCC(C)CC2)nc(Nc2ccc(C)c(Cl)c2)n1. The van der Waals surface area contributed by atoms with Crippen LogP contribution in [0.2, 0.25) is 5.02 Å². The van der Waals surface area contributed by atoms with Crippen LogP contribution in [0.1, 0.15) is 31.0 Å². The van der Waals surface area contributed by atoms with Gasteiger partial charge in [0.25, 0.3) is 0 Å². The maximum atomic E-state index is 6.19. The van der Waals surface area contributed by atoms with Gasteiger partial charge in [0.15, 0.2) is 0 Å². The average molecular weight is 331 g/mol. The topological polar surface area (TPSA) is 41.1 Å². The number of aromatic nitrogens is 2. The molecule has 0 radical (unpaired) electrons. The van der Waals surface area contributed by atoms with Crippen molar-refractivity contribution in [2.45, 2.75) is 33.6 Å². The molecule has 1 N–H and O–H groups in total. The summed E-state index contributed by atoms with van der Waals surface area (Å²) >= 11 is 6.19. The van der Waals surface area contributed by atoms with Gasteiger partial charge in [0, 0.05) is 35.6 Å². The summed E-state index contributed by atoms with van der Waals surface area (Å²) in [6.45, 7) is 8.44. The summed E-state index contributed by atoms with van der Waals surface area (Å²) in [7, 11) is 0. The van der Waals surface area contributed by atoms with E-state index in [1.807, 2.05) is 32.0 Å². The molecule has 2 aromatic rings. The van der Waals surface area contributed by atoms with Crippen LogP contribution in [0.15, 0.2) is 24.3 Å². The Hall–Kier alpha value is -1.81. The first-order valence-corrected chi connectivity index (χ1v) is 8.53. The Morgan fingerprint density at radius 3 is 2.57 bits per heavy atom. The molecule has 0 bridgehead atoms. The molecule has 4 nitrogen and oxygen atoms in total. The van der Waals surface area contributed by atoms with Crippen molar-refractivity contribution in [3.8, 4) is 0 Å². The van der Waals surface area contributed by atoms with E-state index in [1.54, 1.807) is 0 Å². The lowest BCUT2D eigenvalue weighted by molar-refractivity contribution is 0.436. The van der Waals surface area contributed by atoms with Crippen LogP contribution in [0.3, 0.4) is 0 Å². The maximum Gasteiger partial charge on any atom is 0.229 e. The minimum Gasteiger partial charge on any atom is -0.356 e. The van der Waals surface area contributed by atoms with Gasteiger partial charge in [-0.05, 0) is 50.3 Å². The fraction of sp³-hybridized carbons (Fsp3) is 0.444. The van der Waals surface area contributed by atoms with Gasteiger partial charge in [0.1, 0.15) is 5.82 Å². The molecule has 1 aromatic heterocycles. The van der Waals surface area contributed by atoms with Crippen molar-refractivity contribution >= 4 is 29.1 Å². The molecule has 1 aliphatic heterocycles. The first-order chi connectivity index (χ1) is 11.0. The van der Waals surface area contributed by atoms with Gasteiger partial charge < -0.3 is 10.2 Å². The van der Waals surface area contributed by atoms with Crippen LogP contribution in [-0.2, 0) is 0 Å². The van der Waals surface area contributed by atoms with Crippen LogP contribution >= 0.6 is 11.6 Å². The zero-order chi connectivity index (χ0) is 16.4. The zero-order valence-electron chi connectivity index (χ0n) is 13.9. The van der Waals surface area contributed by atoms with Crippen LogP contribution in [-0.4, -0.2) is 23.1 Å². The van der Waals surface area contributed by atoms with Gasteiger partial charge in [-0.1, -0.05) is 24.6 Å². The Morgan fingerprint density at radius 1 is 1.13 bits per heavy atom. The summed E-state index contributed by atoms with van der Waals surface area (Å²) < 4.78 is 0. The fourth-order valence-corrected chi connectivity index (χ4v) is 2.99. The smallest absolute Gasteiger partial charge is 0.229 e. The second-order valence-corrected chi connectivity index (χ2v) is 6.86. The molecule has 1 aromatic carbocycles. The fourth-order valence-electron chi connectivity index (χ4n) is 2.81. The highest BCUT2D eigenvalue weighted by Crippen LogP contribution is 2.25. The third-order valence-electron chi connectivity index (χ3n) is 4.38. The molecule has 0 saturated carbocycles. The number of halogens is 1. The molecule has 0 amide bonds. The molecule has 122 valence electrons. The van der Waals surface area contributed by atoms with E-state index in [9.17, 15) is 0 Å². The van der Waals surface area contributed by atoms with Gasteiger partial charge >= 0.3 is 0 Å². The van der Waals surface area contributed by atoms with Gasteiger partial charge in [0.2, 0.25) is 5.95 Å². The molecule has 0 atom stereocenters. The molecule has 0 aliphatic carbocycles. The number of piperidine rings is 1. The van der Waals surface area contributed by atoms with Crippen molar-refractivity contribution in [3.63, 3.8) is 0 Å². The number of hydrogen-bond acceptors (Lipinski definition) is 4.